The standard InChI is InChI=1S/C11H14FN3O/c1-15(6-7-2-3-7)11(16)8-4-5-14-10(13)9(8)12/h4-5,7H,2-3,6H2,1H3,(H2,13,14). The molecular formula is C11H14FN3O. The third-order valence-corrected chi connectivity index (χ3v) is 2.72. The minimum absolute atomic E-state index is 0.00403. The van der Waals surface area contributed by atoms with Crippen LogP contribution in [0, 0.1) is 11.7 Å². The molecule has 5 heteroatoms. The van der Waals surface area contributed by atoms with E-state index in [1.54, 1.807) is 7.05 Å². The summed E-state index contributed by atoms with van der Waals surface area (Å²) in [5, 5.41) is 0. The van der Waals surface area contributed by atoms with Crippen LogP contribution in [0.5, 0.6) is 0 Å². The Kier molecular flexibility index (Phi) is 2.77. The van der Waals surface area contributed by atoms with Crippen LogP contribution in [0.2, 0.25) is 0 Å². The van der Waals surface area contributed by atoms with Crippen molar-refractivity contribution in [3.63, 3.8) is 0 Å². The van der Waals surface area contributed by atoms with Crippen LogP contribution in [0.3, 0.4) is 0 Å². The summed E-state index contributed by atoms with van der Waals surface area (Å²) < 4.78 is 13.5. The first-order valence-electron chi connectivity index (χ1n) is 5.25. The van der Waals surface area contributed by atoms with E-state index in [0.717, 1.165) is 12.8 Å². The zero-order chi connectivity index (χ0) is 11.7. The van der Waals surface area contributed by atoms with Crippen molar-refractivity contribution in [3.05, 3.63) is 23.6 Å². The Labute approximate surface area is 93.3 Å². The molecule has 1 saturated carbocycles. The fourth-order valence-electron chi connectivity index (χ4n) is 1.60. The van der Waals surface area contributed by atoms with Crippen LogP contribution in [0.25, 0.3) is 0 Å². The van der Waals surface area contributed by atoms with Crippen LogP contribution in [-0.4, -0.2) is 29.4 Å². The molecular weight excluding hydrogens is 209 g/mol. The second-order valence-corrected chi connectivity index (χ2v) is 4.19. The van der Waals surface area contributed by atoms with Crippen molar-refractivity contribution in [1.29, 1.82) is 0 Å². The third-order valence-electron chi connectivity index (χ3n) is 2.72. The SMILES string of the molecule is CN(CC1CC1)C(=O)c1ccnc(N)c1F. The number of anilines is 1. The largest absolute Gasteiger partial charge is 0.381 e. The Hall–Kier alpha value is -1.65. The molecule has 0 spiro atoms. The highest BCUT2D eigenvalue weighted by atomic mass is 19.1. The molecule has 1 amide bonds. The van der Waals surface area contributed by atoms with Gasteiger partial charge >= 0.3 is 0 Å². The first-order chi connectivity index (χ1) is 7.59. The molecule has 0 radical (unpaired) electrons. The van der Waals surface area contributed by atoms with Crippen molar-refractivity contribution in [3.8, 4) is 0 Å². The van der Waals surface area contributed by atoms with Crippen molar-refractivity contribution in [2.24, 2.45) is 5.92 Å². The molecule has 16 heavy (non-hydrogen) atoms. The maximum absolute atomic E-state index is 13.5. The normalized spacial score (nSPS) is 14.9. The first-order valence-corrected chi connectivity index (χ1v) is 5.25. The number of aromatic nitrogens is 1. The van der Waals surface area contributed by atoms with Crippen molar-refractivity contribution in [2.75, 3.05) is 19.3 Å². The molecule has 0 unspecified atom stereocenters. The van der Waals surface area contributed by atoms with Gasteiger partial charge in [-0.1, -0.05) is 0 Å². The predicted octanol–water partition coefficient (Wildman–Crippen LogP) is 1.28. The predicted molar refractivity (Wildman–Crippen MR) is 58.3 cm³/mol. The van der Waals surface area contributed by atoms with Crippen molar-refractivity contribution in [2.45, 2.75) is 12.8 Å². The molecule has 0 bridgehead atoms. The Morgan fingerprint density at radius 2 is 2.38 bits per heavy atom. The van der Waals surface area contributed by atoms with Gasteiger partial charge in [0.05, 0.1) is 5.56 Å². The smallest absolute Gasteiger partial charge is 0.256 e. The van der Waals surface area contributed by atoms with Gasteiger partial charge in [0, 0.05) is 19.8 Å². The molecule has 1 aliphatic rings. The Bertz CT molecular complexity index is 418. The van der Waals surface area contributed by atoms with E-state index in [9.17, 15) is 9.18 Å². The maximum Gasteiger partial charge on any atom is 0.256 e. The monoisotopic (exact) mass is 223 g/mol. The number of nitrogens with two attached hydrogens (primary N) is 1. The summed E-state index contributed by atoms with van der Waals surface area (Å²) in [4.78, 5) is 17.0. The van der Waals surface area contributed by atoms with Gasteiger partial charge in [-0.3, -0.25) is 4.79 Å². The molecule has 1 aromatic rings. The Morgan fingerprint density at radius 3 is 3.00 bits per heavy atom. The number of halogens is 1. The molecule has 1 heterocycles. The topological polar surface area (TPSA) is 59.2 Å². The summed E-state index contributed by atoms with van der Waals surface area (Å²) in [6, 6.07) is 1.36. The number of nitrogens with zero attached hydrogens (tertiary/aromatic N) is 2. The van der Waals surface area contributed by atoms with Crippen molar-refractivity contribution in [1.82, 2.24) is 9.88 Å². The molecule has 1 fully saturated rings. The molecule has 0 aromatic carbocycles. The van der Waals surface area contributed by atoms with Crippen LogP contribution in [0.4, 0.5) is 10.2 Å². The fourth-order valence-corrected chi connectivity index (χ4v) is 1.60. The Morgan fingerprint density at radius 1 is 1.69 bits per heavy atom. The van der Waals surface area contributed by atoms with Gasteiger partial charge in [0.15, 0.2) is 11.6 Å². The summed E-state index contributed by atoms with van der Waals surface area (Å²) in [6.45, 7) is 0.681. The molecule has 2 rings (SSSR count). The quantitative estimate of drug-likeness (QED) is 0.839. The number of rotatable bonds is 3. The number of carbonyl (C=O) groups is 1. The number of hydrogen-bond acceptors (Lipinski definition) is 3. The van der Waals surface area contributed by atoms with Gasteiger partial charge in [0.2, 0.25) is 0 Å². The summed E-state index contributed by atoms with van der Waals surface area (Å²) in [7, 11) is 1.68. The highest BCUT2D eigenvalue weighted by Gasteiger charge is 2.26. The van der Waals surface area contributed by atoms with Gasteiger partial charge in [-0.2, -0.15) is 0 Å². The van der Waals surface area contributed by atoms with Gasteiger partial charge in [-0.05, 0) is 24.8 Å². The molecule has 4 nitrogen and oxygen atoms in total. The van der Waals surface area contributed by atoms with Crippen LogP contribution in [0.15, 0.2) is 12.3 Å². The van der Waals surface area contributed by atoms with E-state index in [-0.39, 0.29) is 17.3 Å². The van der Waals surface area contributed by atoms with E-state index in [4.69, 9.17) is 5.73 Å². The minimum atomic E-state index is -0.727. The number of amides is 1. The molecule has 1 aromatic heterocycles. The molecule has 0 saturated heterocycles. The van der Waals surface area contributed by atoms with Gasteiger partial charge in [-0.15, -0.1) is 0 Å². The third kappa shape index (κ3) is 2.13. The van der Waals surface area contributed by atoms with Gasteiger partial charge < -0.3 is 10.6 Å². The first kappa shape index (κ1) is 10.9. The van der Waals surface area contributed by atoms with E-state index in [1.807, 2.05) is 0 Å². The average molecular weight is 223 g/mol. The molecule has 0 atom stereocenters. The summed E-state index contributed by atoms with van der Waals surface area (Å²) >= 11 is 0. The fraction of sp³-hybridized carbons (Fsp3) is 0.455. The van der Waals surface area contributed by atoms with Gasteiger partial charge in [0.25, 0.3) is 5.91 Å². The highest BCUT2D eigenvalue weighted by molar-refractivity contribution is 5.94. The number of carbonyl (C=O) groups excluding carboxylic acids is 1. The van der Waals surface area contributed by atoms with Crippen molar-refractivity contribution < 1.29 is 9.18 Å². The molecule has 1 aliphatic carbocycles. The summed E-state index contributed by atoms with van der Waals surface area (Å²) in [5.74, 6) is -0.712. The van der Waals surface area contributed by atoms with Crippen LogP contribution >= 0.6 is 0 Å². The van der Waals surface area contributed by atoms with Crippen LogP contribution in [-0.2, 0) is 0 Å². The molecule has 0 aliphatic heterocycles. The van der Waals surface area contributed by atoms with E-state index < -0.39 is 5.82 Å². The minimum Gasteiger partial charge on any atom is -0.381 e. The number of hydrogen-bond donors (Lipinski definition) is 1. The number of nitrogen functional groups attached to an aromatic ring is 1. The van der Waals surface area contributed by atoms with Crippen LogP contribution in [0.1, 0.15) is 23.2 Å². The molecule has 86 valence electrons. The highest BCUT2D eigenvalue weighted by Crippen LogP contribution is 2.29. The van der Waals surface area contributed by atoms with E-state index in [2.05, 4.69) is 4.98 Å². The second kappa shape index (κ2) is 4.08. The number of pyridine rings is 1. The average Bonchev–Trinajstić information content (AvgIpc) is 3.05. The van der Waals surface area contributed by atoms with Crippen molar-refractivity contribution >= 4 is 11.7 Å². The summed E-state index contributed by atoms with van der Waals surface area (Å²) in [6.07, 6.45) is 3.65. The molecule has 2 N–H and O–H groups in total. The van der Waals surface area contributed by atoms with E-state index >= 15 is 0 Å². The lowest BCUT2D eigenvalue weighted by molar-refractivity contribution is 0.0784. The Balaban J connectivity index is 2.15. The lowest BCUT2D eigenvalue weighted by Crippen LogP contribution is -2.29. The van der Waals surface area contributed by atoms with E-state index in [0.29, 0.717) is 12.5 Å². The zero-order valence-electron chi connectivity index (χ0n) is 9.11. The summed E-state index contributed by atoms with van der Waals surface area (Å²) in [5.41, 5.74) is 5.31. The second-order valence-electron chi connectivity index (χ2n) is 4.19. The van der Waals surface area contributed by atoms with Gasteiger partial charge in [0.1, 0.15) is 0 Å². The van der Waals surface area contributed by atoms with Gasteiger partial charge in [-0.25, -0.2) is 9.37 Å². The maximum atomic E-state index is 13.5. The van der Waals surface area contributed by atoms with E-state index in [1.165, 1.54) is 17.2 Å². The van der Waals surface area contributed by atoms with Crippen LogP contribution < -0.4 is 5.73 Å². The lowest BCUT2D eigenvalue weighted by Gasteiger charge is -2.17. The lowest BCUT2D eigenvalue weighted by atomic mass is 10.2. The zero-order valence-corrected chi connectivity index (χ0v) is 9.11.